The Bertz CT molecular complexity index is 873. The highest BCUT2D eigenvalue weighted by atomic mass is 16.5. The zero-order chi connectivity index (χ0) is 21.5. The molecule has 3 rings (SSSR count). The number of aryl methyl sites for hydroxylation is 2. The number of hydrogen-bond donors (Lipinski definition) is 2. The van der Waals surface area contributed by atoms with Crippen LogP contribution in [0.4, 0.5) is 5.69 Å². The van der Waals surface area contributed by atoms with Crippen molar-refractivity contribution in [3.05, 3.63) is 59.2 Å². The Hall–Kier alpha value is -2.86. The lowest BCUT2D eigenvalue weighted by Gasteiger charge is -2.22. The van der Waals surface area contributed by atoms with Crippen molar-refractivity contribution in [2.24, 2.45) is 0 Å². The van der Waals surface area contributed by atoms with Gasteiger partial charge in [0.05, 0.1) is 13.7 Å². The first-order valence-electron chi connectivity index (χ1n) is 10.5. The Morgan fingerprint density at radius 2 is 1.73 bits per heavy atom. The minimum Gasteiger partial charge on any atom is -0.496 e. The molecule has 1 aliphatic rings. The molecular weight excluding hydrogens is 378 g/mol. The van der Waals surface area contributed by atoms with Gasteiger partial charge in [0.2, 0.25) is 11.8 Å². The smallest absolute Gasteiger partial charge is 0.238 e. The quantitative estimate of drug-likeness (QED) is 0.631. The molecule has 160 valence electrons. The highest BCUT2D eigenvalue weighted by Crippen LogP contribution is 2.27. The van der Waals surface area contributed by atoms with Crippen molar-refractivity contribution in [2.45, 2.75) is 45.7 Å². The van der Waals surface area contributed by atoms with E-state index in [2.05, 4.69) is 15.5 Å². The van der Waals surface area contributed by atoms with E-state index < -0.39 is 0 Å². The van der Waals surface area contributed by atoms with Crippen LogP contribution in [0.1, 0.15) is 36.0 Å². The van der Waals surface area contributed by atoms with Crippen LogP contribution in [-0.2, 0) is 16.1 Å². The number of para-hydroxylation sites is 2. The predicted molar refractivity (Wildman–Crippen MR) is 119 cm³/mol. The number of nitrogens with one attached hydrogen (secondary N) is 2. The molecule has 1 aliphatic carbocycles. The fourth-order valence-corrected chi connectivity index (χ4v) is 3.58. The normalized spacial score (nSPS) is 13.2. The molecule has 0 unspecified atom stereocenters. The van der Waals surface area contributed by atoms with Crippen LogP contribution < -0.4 is 15.4 Å². The molecule has 1 saturated carbocycles. The van der Waals surface area contributed by atoms with Crippen LogP contribution >= 0.6 is 0 Å². The molecule has 0 saturated heterocycles. The number of benzene rings is 2. The SMILES string of the molecule is COc1ccccc1CNC(=O)CCN(CC(=O)Nc1c(C)cccc1C)C1CC1. The van der Waals surface area contributed by atoms with Crippen LogP contribution in [0.5, 0.6) is 5.75 Å². The first kappa shape index (κ1) is 21.8. The number of carbonyl (C=O) groups is 2. The van der Waals surface area contributed by atoms with Crippen LogP contribution in [0, 0.1) is 13.8 Å². The summed E-state index contributed by atoms with van der Waals surface area (Å²) in [5, 5.41) is 5.99. The first-order chi connectivity index (χ1) is 14.5. The second-order valence-corrected chi connectivity index (χ2v) is 7.86. The van der Waals surface area contributed by atoms with E-state index in [9.17, 15) is 9.59 Å². The highest BCUT2D eigenvalue weighted by molar-refractivity contribution is 5.93. The summed E-state index contributed by atoms with van der Waals surface area (Å²) in [4.78, 5) is 27.1. The van der Waals surface area contributed by atoms with Crippen molar-refractivity contribution in [3.63, 3.8) is 0 Å². The lowest BCUT2D eigenvalue weighted by atomic mass is 10.1. The molecule has 0 atom stereocenters. The average molecular weight is 410 g/mol. The van der Waals surface area contributed by atoms with E-state index in [0.29, 0.717) is 32.1 Å². The lowest BCUT2D eigenvalue weighted by Crippen LogP contribution is -2.38. The topological polar surface area (TPSA) is 70.7 Å². The molecule has 6 nitrogen and oxygen atoms in total. The minimum absolute atomic E-state index is 0.0262. The summed E-state index contributed by atoms with van der Waals surface area (Å²) in [7, 11) is 1.62. The summed E-state index contributed by atoms with van der Waals surface area (Å²) >= 11 is 0. The van der Waals surface area contributed by atoms with Crippen molar-refractivity contribution in [1.29, 1.82) is 0 Å². The minimum atomic E-state index is -0.0336. The molecule has 0 spiro atoms. The molecule has 0 aliphatic heterocycles. The van der Waals surface area contributed by atoms with Crippen molar-refractivity contribution < 1.29 is 14.3 Å². The zero-order valence-corrected chi connectivity index (χ0v) is 18.0. The molecule has 2 aromatic carbocycles. The fraction of sp³-hybridized carbons (Fsp3) is 0.417. The molecule has 0 radical (unpaired) electrons. The largest absolute Gasteiger partial charge is 0.496 e. The molecular formula is C24H31N3O3. The van der Waals surface area contributed by atoms with Gasteiger partial charge in [-0.2, -0.15) is 0 Å². The Labute approximate surface area is 178 Å². The number of ether oxygens (including phenoxy) is 1. The van der Waals surface area contributed by atoms with E-state index in [1.165, 1.54) is 0 Å². The number of rotatable bonds is 10. The summed E-state index contributed by atoms with van der Waals surface area (Å²) in [5.74, 6) is 0.705. The van der Waals surface area contributed by atoms with Crippen molar-refractivity contribution >= 4 is 17.5 Å². The van der Waals surface area contributed by atoms with Gasteiger partial charge >= 0.3 is 0 Å². The molecule has 2 amide bonds. The van der Waals surface area contributed by atoms with Gasteiger partial charge in [-0.15, -0.1) is 0 Å². The van der Waals surface area contributed by atoms with Gasteiger partial charge in [0, 0.05) is 36.8 Å². The van der Waals surface area contributed by atoms with Gasteiger partial charge < -0.3 is 15.4 Å². The van der Waals surface area contributed by atoms with E-state index in [1.54, 1.807) is 7.11 Å². The Balaban J connectivity index is 1.48. The standard InChI is InChI=1S/C24H31N3O3/c1-17-7-6-8-18(2)24(17)26-23(29)16-27(20-11-12-20)14-13-22(28)25-15-19-9-4-5-10-21(19)30-3/h4-10,20H,11-16H2,1-3H3,(H,25,28)(H,26,29). The highest BCUT2D eigenvalue weighted by Gasteiger charge is 2.30. The van der Waals surface area contributed by atoms with Crippen LogP contribution in [0.15, 0.2) is 42.5 Å². The molecule has 6 heteroatoms. The van der Waals surface area contributed by atoms with Crippen LogP contribution in [0.25, 0.3) is 0 Å². The summed E-state index contributed by atoms with van der Waals surface area (Å²) in [5.41, 5.74) is 3.93. The maximum Gasteiger partial charge on any atom is 0.238 e. The summed E-state index contributed by atoms with van der Waals surface area (Å²) < 4.78 is 5.32. The van der Waals surface area contributed by atoms with Gasteiger partial charge in [-0.25, -0.2) is 0 Å². The Morgan fingerprint density at radius 1 is 1.03 bits per heavy atom. The van der Waals surface area contributed by atoms with Gasteiger partial charge in [0.15, 0.2) is 0 Å². The summed E-state index contributed by atoms with van der Waals surface area (Å²) in [6, 6.07) is 14.0. The Morgan fingerprint density at radius 3 is 2.40 bits per heavy atom. The fourth-order valence-electron chi connectivity index (χ4n) is 3.58. The van der Waals surface area contributed by atoms with E-state index >= 15 is 0 Å². The second-order valence-electron chi connectivity index (χ2n) is 7.86. The van der Waals surface area contributed by atoms with Crippen molar-refractivity contribution in [3.8, 4) is 5.75 Å². The number of amides is 2. The summed E-state index contributed by atoms with van der Waals surface area (Å²) in [6.45, 7) is 5.29. The molecule has 0 aromatic heterocycles. The molecule has 1 fully saturated rings. The maximum atomic E-state index is 12.6. The number of anilines is 1. The number of nitrogens with zero attached hydrogens (tertiary/aromatic N) is 1. The van der Waals surface area contributed by atoms with E-state index in [0.717, 1.165) is 41.0 Å². The monoisotopic (exact) mass is 409 g/mol. The van der Waals surface area contributed by atoms with Crippen molar-refractivity contribution in [1.82, 2.24) is 10.2 Å². The van der Waals surface area contributed by atoms with Gasteiger partial charge in [-0.05, 0) is 43.9 Å². The number of carbonyl (C=O) groups excluding carboxylic acids is 2. The van der Waals surface area contributed by atoms with E-state index in [4.69, 9.17) is 4.74 Å². The molecule has 30 heavy (non-hydrogen) atoms. The lowest BCUT2D eigenvalue weighted by molar-refractivity contribution is -0.122. The Kier molecular flexibility index (Phi) is 7.46. The van der Waals surface area contributed by atoms with E-state index in [-0.39, 0.29) is 11.8 Å². The average Bonchev–Trinajstić information content (AvgIpc) is 3.58. The predicted octanol–water partition coefficient (Wildman–Crippen LogP) is 3.42. The van der Waals surface area contributed by atoms with Crippen LogP contribution in [0.2, 0.25) is 0 Å². The van der Waals surface area contributed by atoms with Gasteiger partial charge in [-0.1, -0.05) is 36.4 Å². The van der Waals surface area contributed by atoms with Crippen molar-refractivity contribution in [2.75, 3.05) is 25.5 Å². The molecule has 2 aromatic rings. The maximum absolute atomic E-state index is 12.6. The van der Waals surface area contributed by atoms with Crippen LogP contribution in [0.3, 0.4) is 0 Å². The third-order valence-corrected chi connectivity index (χ3v) is 5.45. The third kappa shape index (κ3) is 6.07. The van der Waals surface area contributed by atoms with E-state index in [1.807, 2.05) is 56.3 Å². The van der Waals surface area contributed by atoms with Gasteiger partial charge in [0.25, 0.3) is 0 Å². The molecule has 0 bridgehead atoms. The zero-order valence-electron chi connectivity index (χ0n) is 18.0. The second kappa shape index (κ2) is 10.3. The number of methoxy groups -OCH3 is 1. The first-order valence-corrected chi connectivity index (χ1v) is 10.5. The third-order valence-electron chi connectivity index (χ3n) is 5.45. The molecule has 0 heterocycles. The van der Waals surface area contributed by atoms with Gasteiger partial charge in [-0.3, -0.25) is 14.5 Å². The van der Waals surface area contributed by atoms with Gasteiger partial charge in [0.1, 0.15) is 5.75 Å². The summed E-state index contributed by atoms with van der Waals surface area (Å²) in [6.07, 6.45) is 2.53. The molecule has 2 N–H and O–H groups in total. The van der Waals surface area contributed by atoms with Crippen LogP contribution in [-0.4, -0.2) is 43.0 Å². The number of hydrogen-bond acceptors (Lipinski definition) is 4.